The summed E-state index contributed by atoms with van der Waals surface area (Å²) < 4.78 is 22.9. The largest absolute Gasteiger partial charge is 0.334 e. The normalized spacial score (nSPS) is 24.5. The third-order valence-corrected chi connectivity index (χ3v) is 6.60. The van der Waals surface area contributed by atoms with Gasteiger partial charge < -0.3 is 10.2 Å². The first kappa shape index (κ1) is 16.3. The molecule has 1 N–H and O–H groups in total. The minimum Gasteiger partial charge on any atom is -0.334 e. The fourth-order valence-electron chi connectivity index (χ4n) is 3.46. The Morgan fingerprint density at radius 1 is 1.13 bits per heavy atom. The average molecular weight is 336 g/mol. The van der Waals surface area contributed by atoms with Crippen molar-refractivity contribution in [2.45, 2.75) is 31.7 Å². The molecule has 1 aromatic rings. The molecule has 5 nitrogen and oxygen atoms in total. The Bertz CT molecular complexity index is 637. The summed E-state index contributed by atoms with van der Waals surface area (Å²) in [5, 5.41) is 2.88. The highest BCUT2D eigenvalue weighted by Crippen LogP contribution is 2.22. The first-order valence-corrected chi connectivity index (χ1v) is 10.1. The Morgan fingerprint density at radius 3 is 2.43 bits per heavy atom. The Balaban J connectivity index is 1.44. The van der Waals surface area contributed by atoms with E-state index in [-0.39, 0.29) is 23.6 Å². The lowest BCUT2D eigenvalue weighted by Gasteiger charge is -2.32. The highest BCUT2D eigenvalue weighted by Gasteiger charge is 2.31. The quantitative estimate of drug-likeness (QED) is 0.916. The van der Waals surface area contributed by atoms with Gasteiger partial charge in [0.1, 0.15) is 0 Å². The van der Waals surface area contributed by atoms with Crippen LogP contribution in [0.15, 0.2) is 30.3 Å². The fraction of sp³-hybridized carbons (Fsp3) is 0.588. The van der Waals surface area contributed by atoms with Crippen LogP contribution in [0, 0.1) is 5.92 Å². The van der Waals surface area contributed by atoms with Gasteiger partial charge in [0, 0.05) is 19.1 Å². The van der Waals surface area contributed by atoms with Crippen LogP contribution >= 0.6 is 0 Å². The minimum atomic E-state index is -2.95. The summed E-state index contributed by atoms with van der Waals surface area (Å²) in [6.07, 6.45) is 3.62. The smallest absolute Gasteiger partial charge is 0.317 e. The van der Waals surface area contributed by atoms with Crippen molar-refractivity contribution in [1.29, 1.82) is 0 Å². The molecule has 0 spiro atoms. The van der Waals surface area contributed by atoms with Crippen LogP contribution in [-0.4, -0.2) is 50.0 Å². The summed E-state index contributed by atoms with van der Waals surface area (Å²) in [6.45, 7) is 1.51. The Hall–Kier alpha value is -1.56. The lowest BCUT2D eigenvalue weighted by Crippen LogP contribution is -2.48. The molecule has 2 fully saturated rings. The molecular formula is C17H24N2O3S. The highest BCUT2D eigenvalue weighted by molar-refractivity contribution is 7.91. The Labute approximate surface area is 138 Å². The number of carbonyl (C=O) groups is 1. The van der Waals surface area contributed by atoms with Gasteiger partial charge >= 0.3 is 6.03 Å². The molecule has 1 atom stereocenters. The molecule has 0 radical (unpaired) electrons. The SMILES string of the molecule is O=C(NC1CCS(=O)(=O)C1)N1CCC(Cc2ccccc2)CC1. The number of sulfone groups is 1. The molecule has 2 saturated heterocycles. The van der Waals surface area contributed by atoms with Crippen molar-refractivity contribution in [3.63, 3.8) is 0 Å². The van der Waals surface area contributed by atoms with Gasteiger partial charge in [-0.05, 0) is 37.2 Å². The second-order valence-electron chi connectivity index (χ2n) is 6.67. The van der Waals surface area contributed by atoms with E-state index in [4.69, 9.17) is 0 Å². The van der Waals surface area contributed by atoms with Gasteiger partial charge in [-0.1, -0.05) is 30.3 Å². The molecule has 0 aliphatic carbocycles. The molecule has 0 bridgehead atoms. The van der Waals surface area contributed by atoms with Gasteiger partial charge in [0.2, 0.25) is 0 Å². The molecule has 0 saturated carbocycles. The number of benzene rings is 1. The zero-order valence-corrected chi connectivity index (χ0v) is 14.1. The summed E-state index contributed by atoms with van der Waals surface area (Å²) >= 11 is 0. The summed E-state index contributed by atoms with van der Waals surface area (Å²) in [5.74, 6) is 0.897. The van der Waals surface area contributed by atoms with E-state index >= 15 is 0 Å². The summed E-state index contributed by atoms with van der Waals surface area (Å²) in [6, 6.07) is 10.1. The summed E-state index contributed by atoms with van der Waals surface area (Å²) in [7, 11) is -2.95. The number of carbonyl (C=O) groups excluding carboxylic acids is 1. The lowest BCUT2D eigenvalue weighted by molar-refractivity contribution is 0.168. The van der Waals surface area contributed by atoms with Crippen LogP contribution in [0.3, 0.4) is 0 Å². The number of nitrogens with one attached hydrogen (secondary N) is 1. The number of likely N-dealkylation sites (tertiary alicyclic amines) is 1. The Morgan fingerprint density at radius 2 is 1.83 bits per heavy atom. The molecule has 1 aromatic carbocycles. The number of amides is 2. The van der Waals surface area contributed by atoms with E-state index < -0.39 is 9.84 Å². The van der Waals surface area contributed by atoms with Crippen molar-refractivity contribution in [3.05, 3.63) is 35.9 Å². The van der Waals surface area contributed by atoms with E-state index in [1.165, 1.54) is 5.56 Å². The van der Waals surface area contributed by atoms with E-state index in [9.17, 15) is 13.2 Å². The molecule has 1 unspecified atom stereocenters. The van der Waals surface area contributed by atoms with Crippen LogP contribution < -0.4 is 5.32 Å². The van der Waals surface area contributed by atoms with Gasteiger partial charge in [0.05, 0.1) is 11.5 Å². The van der Waals surface area contributed by atoms with Crippen molar-refractivity contribution >= 4 is 15.9 Å². The maximum Gasteiger partial charge on any atom is 0.317 e. The van der Waals surface area contributed by atoms with Gasteiger partial charge in [-0.25, -0.2) is 13.2 Å². The molecule has 2 amide bonds. The lowest BCUT2D eigenvalue weighted by atomic mass is 9.90. The van der Waals surface area contributed by atoms with Gasteiger partial charge in [0.25, 0.3) is 0 Å². The van der Waals surface area contributed by atoms with E-state index in [1.807, 2.05) is 11.0 Å². The number of piperidine rings is 1. The molecule has 126 valence electrons. The van der Waals surface area contributed by atoms with Crippen LogP contribution in [0.1, 0.15) is 24.8 Å². The van der Waals surface area contributed by atoms with Crippen LogP contribution in [-0.2, 0) is 16.3 Å². The monoisotopic (exact) mass is 336 g/mol. The standard InChI is InChI=1S/C17H24N2O3S/c20-17(18-16-8-11-23(21,22)13-16)19-9-6-15(7-10-19)12-14-4-2-1-3-5-14/h1-5,15-16H,6-13H2,(H,18,20). The molecule has 2 heterocycles. The fourth-order valence-corrected chi connectivity index (χ4v) is 5.14. The van der Waals surface area contributed by atoms with Crippen molar-refractivity contribution < 1.29 is 13.2 Å². The van der Waals surface area contributed by atoms with Crippen LogP contribution in [0.4, 0.5) is 4.79 Å². The molecule has 6 heteroatoms. The average Bonchev–Trinajstić information content (AvgIpc) is 2.88. The number of urea groups is 1. The molecule has 3 rings (SSSR count). The molecule has 2 aliphatic rings. The van der Waals surface area contributed by atoms with Crippen molar-refractivity contribution in [3.8, 4) is 0 Å². The van der Waals surface area contributed by atoms with Crippen LogP contribution in [0.2, 0.25) is 0 Å². The van der Waals surface area contributed by atoms with Crippen molar-refractivity contribution in [2.24, 2.45) is 5.92 Å². The van der Waals surface area contributed by atoms with Crippen molar-refractivity contribution in [2.75, 3.05) is 24.6 Å². The zero-order chi connectivity index (χ0) is 16.3. The molecule has 23 heavy (non-hydrogen) atoms. The van der Waals surface area contributed by atoms with Gasteiger partial charge in [-0.15, -0.1) is 0 Å². The summed E-state index contributed by atoms with van der Waals surface area (Å²) in [4.78, 5) is 14.1. The van der Waals surface area contributed by atoms with Crippen molar-refractivity contribution in [1.82, 2.24) is 10.2 Å². The van der Waals surface area contributed by atoms with E-state index in [2.05, 4.69) is 29.6 Å². The van der Waals surface area contributed by atoms with Gasteiger partial charge in [-0.3, -0.25) is 0 Å². The molecule has 0 aromatic heterocycles. The van der Waals surface area contributed by atoms with E-state index in [1.54, 1.807) is 0 Å². The first-order chi connectivity index (χ1) is 11.0. The van der Waals surface area contributed by atoms with Crippen LogP contribution in [0.5, 0.6) is 0 Å². The number of rotatable bonds is 3. The predicted octanol–water partition coefficient (Wildman–Crippen LogP) is 1.84. The van der Waals surface area contributed by atoms with Gasteiger partial charge in [0.15, 0.2) is 9.84 Å². The number of hydrogen-bond acceptors (Lipinski definition) is 3. The number of hydrogen-bond donors (Lipinski definition) is 1. The first-order valence-electron chi connectivity index (χ1n) is 8.32. The van der Waals surface area contributed by atoms with Gasteiger partial charge in [-0.2, -0.15) is 0 Å². The third kappa shape index (κ3) is 4.47. The maximum atomic E-state index is 12.3. The second-order valence-corrected chi connectivity index (χ2v) is 8.90. The highest BCUT2D eigenvalue weighted by atomic mass is 32.2. The second kappa shape index (κ2) is 6.91. The van der Waals surface area contributed by atoms with E-state index in [0.29, 0.717) is 12.3 Å². The molecule has 2 aliphatic heterocycles. The third-order valence-electron chi connectivity index (χ3n) is 4.83. The maximum absolute atomic E-state index is 12.3. The zero-order valence-electron chi connectivity index (χ0n) is 13.3. The summed E-state index contributed by atoms with van der Waals surface area (Å²) in [5.41, 5.74) is 1.35. The topological polar surface area (TPSA) is 66.5 Å². The van der Waals surface area contributed by atoms with E-state index in [0.717, 1.165) is 32.4 Å². The minimum absolute atomic E-state index is 0.0865. The van der Waals surface area contributed by atoms with Crippen LogP contribution in [0.25, 0.3) is 0 Å². The Kier molecular flexibility index (Phi) is 4.90. The molecular weight excluding hydrogens is 312 g/mol. The predicted molar refractivity (Wildman–Crippen MR) is 90.0 cm³/mol. The number of nitrogens with zero attached hydrogens (tertiary/aromatic N) is 1.